The number of anilines is 1. The molecule has 1 fully saturated rings. The fourth-order valence-electron chi connectivity index (χ4n) is 2.58. The molecule has 5 nitrogen and oxygen atoms in total. The van der Waals surface area contributed by atoms with E-state index < -0.39 is 23.8 Å². The summed E-state index contributed by atoms with van der Waals surface area (Å²) in [5.74, 6) is -0.378. The molecule has 0 saturated heterocycles. The van der Waals surface area contributed by atoms with Crippen molar-refractivity contribution < 1.29 is 18.0 Å². The molecule has 1 amide bonds. The minimum Gasteiger partial charge on any atom is -0.308 e. The molecule has 0 spiro atoms. The number of halogens is 4. The smallest absolute Gasteiger partial charge is 0.308 e. The monoisotopic (exact) mass is 417 g/mol. The van der Waals surface area contributed by atoms with Crippen LogP contribution in [0.3, 0.4) is 0 Å². The van der Waals surface area contributed by atoms with Gasteiger partial charge in [0.15, 0.2) is 10.4 Å². The fourth-order valence-corrected chi connectivity index (χ4v) is 3.26. The molecule has 2 heterocycles. The van der Waals surface area contributed by atoms with E-state index in [4.69, 9.17) is 11.6 Å². The molecular formula is C17H17ClF3N4OS+. The highest BCUT2D eigenvalue weighted by atomic mass is 35.5. The van der Waals surface area contributed by atoms with Crippen LogP contribution >= 0.6 is 23.4 Å². The minimum atomic E-state index is -4.50. The summed E-state index contributed by atoms with van der Waals surface area (Å²) < 4.78 is 40.6. The zero-order valence-corrected chi connectivity index (χ0v) is 15.8. The Hall–Kier alpha value is -1.87. The molecule has 0 radical (unpaired) electrons. The van der Waals surface area contributed by atoms with Crippen molar-refractivity contribution in [3.63, 3.8) is 0 Å². The van der Waals surface area contributed by atoms with Gasteiger partial charge in [0.2, 0.25) is 5.91 Å². The first-order chi connectivity index (χ1) is 12.8. The van der Waals surface area contributed by atoms with Crippen molar-refractivity contribution in [2.75, 3.05) is 11.4 Å². The molecule has 0 bridgehead atoms. The topological polar surface area (TPSA) is 51.0 Å². The van der Waals surface area contributed by atoms with Crippen LogP contribution in [0.4, 0.5) is 18.9 Å². The number of pyridine rings is 1. The quantitative estimate of drug-likeness (QED) is 0.622. The molecule has 0 aromatic carbocycles. The highest BCUT2D eigenvalue weighted by molar-refractivity contribution is 8.01. The van der Waals surface area contributed by atoms with E-state index in [1.807, 2.05) is 0 Å². The number of nitrogens with zero attached hydrogens (tertiary/aromatic N) is 4. The Morgan fingerprint density at radius 3 is 2.78 bits per heavy atom. The van der Waals surface area contributed by atoms with Crippen molar-refractivity contribution in [2.45, 2.75) is 30.7 Å². The largest absolute Gasteiger partial charge is 0.405 e. The van der Waals surface area contributed by atoms with Crippen LogP contribution < -0.4 is 4.90 Å². The van der Waals surface area contributed by atoms with Crippen LogP contribution in [-0.4, -0.2) is 38.6 Å². The molecule has 1 aliphatic rings. The van der Waals surface area contributed by atoms with Crippen molar-refractivity contribution >= 4 is 35.0 Å². The second-order valence-electron chi connectivity index (χ2n) is 6.31. The van der Waals surface area contributed by atoms with Crippen LogP contribution in [-0.2, 0) is 4.79 Å². The Morgan fingerprint density at radius 2 is 2.22 bits per heavy atom. The zero-order chi connectivity index (χ0) is 19.6. The van der Waals surface area contributed by atoms with E-state index in [0.717, 1.165) is 12.8 Å². The number of aromatic nitrogens is 3. The number of carbonyl (C=O) groups excluding carboxylic acids is 1. The predicted octanol–water partition coefficient (Wildman–Crippen LogP) is 4.51. The summed E-state index contributed by atoms with van der Waals surface area (Å²) >= 11 is 6.59. The second-order valence-corrected chi connectivity index (χ2v) is 7.57. The standard InChI is InChI=1S/C17H17ClF3N4OS/c1-27-14(17(19,20)21)7-15(26)24(9-11-4-5-11)13-10-25(23-16(13)18)12-3-2-6-22-8-12/h2-3,6,8,10-11,14H,1,4-5,7,9H2/q+1. The summed E-state index contributed by atoms with van der Waals surface area (Å²) in [6.45, 7) is 0.323. The SMILES string of the molecule is [CH2+]SC(CC(=O)N(CC1CC1)c1cn(-c2cccnc2)nc1Cl)C(F)(F)F. The number of hydrogen-bond donors (Lipinski definition) is 0. The van der Waals surface area contributed by atoms with E-state index in [1.54, 1.807) is 30.7 Å². The van der Waals surface area contributed by atoms with E-state index in [-0.39, 0.29) is 11.1 Å². The Bertz CT molecular complexity index is 795. The third kappa shape index (κ3) is 4.90. The molecule has 1 unspecified atom stereocenters. The molecule has 1 aliphatic carbocycles. The van der Waals surface area contributed by atoms with Gasteiger partial charge in [0.1, 0.15) is 11.9 Å². The lowest BCUT2D eigenvalue weighted by Crippen LogP contribution is -2.38. The van der Waals surface area contributed by atoms with Gasteiger partial charge in [-0.3, -0.25) is 9.78 Å². The van der Waals surface area contributed by atoms with E-state index in [2.05, 4.69) is 16.3 Å². The molecule has 0 N–H and O–H groups in total. The zero-order valence-electron chi connectivity index (χ0n) is 14.2. The van der Waals surface area contributed by atoms with Gasteiger partial charge < -0.3 is 4.90 Å². The number of amides is 1. The molecule has 27 heavy (non-hydrogen) atoms. The van der Waals surface area contributed by atoms with E-state index in [1.165, 1.54) is 9.58 Å². The lowest BCUT2D eigenvalue weighted by Gasteiger charge is -2.23. The lowest BCUT2D eigenvalue weighted by atomic mass is 10.2. The van der Waals surface area contributed by atoms with Crippen molar-refractivity contribution in [3.05, 3.63) is 42.1 Å². The lowest BCUT2D eigenvalue weighted by molar-refractivity contribution is -0.138. The highest BCUT2D eigenvalue weighted by Crippen LogP contribution is 2.37. The molecule has 10 heteroatoms. The molecule has 1 saturated carbocycles. The average Bonchev–Trinajstić information content (AvgIpc) is 3.37. The third-order valence-corrected chi connectivity index (χ3v) is 5.32. The van der Waals surface area contributed by atoms with Crippen LogP contribution in [0.2, 0.25) is 5.15 Å². The van der Waals surface area contributed by atoms with E-state index >= 15 is 0 Å². The number of rotatable bonds is 7. The van der Waals surface area contributed by atoms with Crippen molar-refractivity contribution in [2.24, 2.45) is 5.92 Å². The van der Waals surface area contributed by atoms with E-state index in [0.29, 0.717) is 29.7 Å². The van der Waals surface area contributed by atoms with Gasteiger partial charge in [-0.15, -0.1) is 0 Å². The summed E-state index contributed by atoms with van der Waals surface area (Å²) in [4.78, 5) is 18.0. The summed E-state index contributed by atoms with van der Waals surface area (Å²) in [5, 5.41) is 2.36. The molecule has 1 atom stereocenters. The minimum absolute atomic E-state index is 0.0543. The van der Waals surface area contributed by atoms with Crippen molar-refractivity contribution in [3.8, 4) is 5.69 Å². The Morgan fingerprint density at radius 1 is 1.48 bits per heavy atom. The highest BCUT2D eigenvalue weighted by Gasteiger charge is 2.44. The summed E-state index contributed by atoms with van der Waals surface area (Å²) in [5.41, 5.74) is 0.929. The van der Waals surface area contributed by atoms with Gasteiger partial charge in [-0.25, -0.2) is 4.68 Å². The average molecular weight is 418 g/mol. The first-order valence-electron chi connectivity index (χ1n) is 8.23. The maximum Gasteiger partial charge on any atom is 0.405 e. The summed E-state index contributed by atoms with van der Waals surface area (Å²) in [6, 6.07) is 3.48. The molecule has 3 rings (SSSR count). The number of alkyl halides is 3. The van der Waals surface area contributed by atoms with Crippen LogP contribution in [0, 0.1) is 12.2 Å². The number of thioether (sulfide) groups is 1. The third-order valence-electron chi connectivity index (χ3n) is 4.22. The molecule has 2 aromatic heterocycles. The first-order valence-corrected chi connectivity index (χ1v) is 9.65. The van der Waals surface area contributed by atoms with Gasteiger partial charge in [0, 0.05) is 12.7 Å². The van der Waals surface area contributed by atoms with Crippen LogP contribution in [0.15, 0.2) is 30.7 Å². The molecule has 2 aromatic rings. The second kappa shape index (κ2) is 8.02. The van der Waals surface area contributed by atoms with Gasteiger partial charge in [0.05, 0.1) is 36.3 Å². The van der Waals surface area contributed by atoms with Crippen LogP contribution in [0.5, 0.6) is 0 Å². The van der Waals surface area contributed by atoms with Gasteiger partial charge in [-0.1, -0.05) is 11.6 Å². The van der Waals surface area contributed by atoms with Gasteiger partial charge in [0.25, 0.3) is 0 Å². The summed E-state index contributed by atoms with van der Waals surface area (Å²) in [7, 11) is 0. The van der Waals surface area contributed by atoms with Gasteiger partial charge in [-0.05, 0) is 30.9 Å². The normalized spacial score (nSPS) is 15.6. The predicted molar refractivity (Wildman–Crippen MR) is 98.9 cm³/mol. The Labute approximate surface area is 163 Å². The van der Waals surface area contributed by atoms with E-state index in [9.17, 15) is 18.0 Å². The molecular weight excluding hydrogens is 401 g/mol. The van der Waals surface area contributed by atoms with Gasteiger partial charge in [-0.2, -0.15) is 18.3 Å². The van der Waals surface area contributed by atoms with Crippen LogP contribution in [0.25, 0.3) is 5.69 Å². The first kappa shape index (κ1) is 19.9. The molecule has 0 aliphatic heterocycles. The Kier molecular flexibility index (Phi) is 5.90. The van der Waals surface area contributed by atoms with Crippen LogP contribution in [0.1, 0.15) is 19.3 Å². The number of carbonyl (C=O) groups is 1. The van der Waals surface area contributed by atoms with Gasteiger partial charge >= 0.3 is 6.18 Å². The number of hydrogen-bond acceptors (Lipinski definition) is 4. The maximum atomic E-state index is 13.0. The maximum absolute atomic E-state index is 13.0. The van der Waals surface area contributed by atoms with Crippen molar-refractivity contribution in [1.29, 1.82) is 0 Å². The molecule has 144 valence electrons. The Balaban J connectivity index is 1.86. The van der Waals surface area contributed by atoms with Crippen molar-refractivity contribution in [1.82, 2.24) is 14.8 Å². The fraction of sp³-hybridized carbons (Fsp3) is 0.412. The summed E-state index contributed by atoms with van der Waals surface area (Å²) in [6.07, 6.45) is 4.63.